The van der Waals surface area contributed by atoms with Crippen LogP contribution < -0.4 is 14.8 Å². The molecule has 4 N–H and O–H groups in total. The van der Waals surface area contributed by atoms with Crippen LogP contribution in [0.5, 0.6) is 5.75 Å². The molecule has 0 spiro atoms. The van der Waals surface area contributed by atoms with Crippen molar-refractivity contribution >= 4 is 31.3 Å². The zero-order chi connectivity index (χ0) is 10.7. The van der Waals surface area contributed by atoms with Gasteiger partial charge in [-0.15, -0.1) is 0 Å². The molecule has 76 valence electrons. The predicted molar refractivity (Wildman–Crippen MR) is 52.0 cm³/mol. The van der Waals surface area contributed by atoms with Gasteiger partial charge in [0.1, 0.15) is 0 Å². The van der Waals surface area contributed by atoms with Gasteiger partial charge >= 0.3 is 85.7 Å². The van der Waals surface area contributed by atoms with Crippen LogP contribution in [0.1, 0.15) is 6.92 Å². The normalized spacial score (nSPS) is 10.3. The Balaban J connectivity index is 2.95. The van der Waals surface area contributed by atoms with E-state index in [0.717, 1.165) is 0 Å². The summed E-state index contributed by atoms with van der Waals surface area (Å²) in [6.45, 7) is 1.27. The van der Waals surface area contributed by atoms with Crippen LogP contribution in [-0.4, -0.2) is 29.5 Å². The molecule has 0 saturated carbocycles. The molecule has 14 heavy (non-hydrogen) atoms. The number of esters is 1. The summed E-state index contributed by atoms with van der Waals surface area (Å²) in [5.41, 5.74) is 5.75. The minimum absolute atomic E-state index is 0.222. The van der Waals surface area contributed by atoms with Crippen molar-refractivity contribution in [2.75, 3.05) is 5.73 Å². The van der Waals surface area contributed by atoms with E-state index in [1.165, 1.54) is 25.1 Å². The maximum atomic E-state index is 10.6. The fourth-order valence-electron chi connectivity index (χ4n) is 0.908. The summed E-state index contributed by atoms with van der Waals surface area (Å²) in [6, 6.07) is 4.33. The summed E-state index contributed by atoms with van der Waals surface area (Å²) in [4.78, 5) is 10.6. The summed E-state index contributed by atoms with van der Waals surface area (Å²) >= 11 is -2.90. The summed E-state index contributed by atoms with van der Waals surface area (Å²) < 4.78 is 23.1. The third kappa shape index (κ3) is 2.73. The molecule has 0 fully saturated rings. The van der Waals surface area contributed by atoms with Crippen LogP contribution in [0.15, 0.2) is 18.2 Å². The average Bonchev–Trinajstić information content (AvgIpc) is 2.07. The first-order valence-electron chi connectivity index (χ1n) is 3.76. The molecule has 0 aromatic heterocycles. The number of ether oxygens (including phenoxy) is 1. The van der Waals surface area contributed by atoms with Gasteiger partial charge in [-0.2, -0.15) is 0 Å². The van der Waals surface area contributed by atoms with Crippen LogP contribution in [0.4, 0.5) is 5.69 Å². The number of hydrogen-bond donors (Lipinski definition) is 3. The van der Waals surface area contributed by atoms with Crippen LogP contribution >= 0.6 is 0 Å². The van der Waals surface area contributed by atoms with E-state index < -0.39 is 21.3 Å². The first-order chi connectivity index (χ1) is 6.50. The van der Waals surface area contributed by atoms with E-state index in [9.17, 15) is 4.79 Å². The van der Waals surface area contributed by atoms with Gasteiger partial charge in [-0.05, 0) is 0 Å². The minimum atomic E-state index is -2.90. The van der Waals surface area contributed by atoms with Gasteiger partial charge in [0.05, 0.1) is 0 Å². The molecular formula is C8H10AsNO4. The number of carbonyl (C=O) groups is 1. The molecule has 0 radical (unpaired) electrons. The van der Waals surface area contributed by atoms with Gasteiger partial charge < -0.3 is 0 Å². The van der Waals surface area contributed by atoms with E-state index in [1.54, 1.807) is 0 Å². The third-order valence-electron chi connectivity index (χ3n) is 1.48. The van der Waals surface area contributed by atoms with E-state index >= 15 is 0 Å². The molecule has 1 aromatic rings. The Kier molecular flexibility index (Phi) is 3.52. The van der Waals surface area contributed by atoms with E-state index in [-0.39, 0.29) is 11.4 Å². The third-order valence-corrected chi connectivity index (χ3v) is 3.03. The first-order valence-corrected chi connectivity index (χ1v) is 6.38. The maximum absolute atomic E-state index is 10.6. The summed E-state index contributed by atoms with van der Waals surface area (Å²) in [5.74, 6) is -0.232. The SMILES string of the molecule is CC(=O)Oc1ccc([As](O)O)cc1N. The molecule has 0 heterocycles. The molecule has 1 aromatic carbocycles. The number of nitrogens with two attached hydrogens (primary N) is 1. The van der Waals surface area contributed by atoms with E-state index in [2.05, 4.69) is 0 Å². The molecule has 0 atom stereocenters. The van der Waals surface area contributed by atoms with Crippen molar-refractivity contribution in [1.29, 1.82) is 0 Å². The summed E-state index contributed by atoms with van der Waals surface area (Å²) in [6.07, 6.45) is 0. The van der Waals surface area contributed by atoms with Crippen molar-refractivity contribution in [2.45, 2.75) is 6.92 Å². The Bertz CT molecular complexity index is 353. The number of benzene rings is 1. The Morgan fingerprint density at radius 2 is 2.14 bits per heavy atom. The predicted octanol–water partition coefficient (Wildman–Crippen LogP) is -1.13. The fraction of sp³-hybridized carbons (Fsp3) is 0.125. The van der Waals surface area contributed by atoms with E-state index in [0.29, 0.717) is 4.35 Å². The van der Waals surface area contributed by atoms with Crippen LogP contribution in [0, 0.1) is 0 Å². The van der Waals surface area contributed by atoms with Crippen LogP contribution in [0.3, 0.4) is 0 Å². The first kappa shape index (κ1) is 11.0. The number of anilines is 1. The Morgan fingerprint density at radius 3 is 2.57 bits per heavy atom. The molecule has 0 aliphatic rings. The summed E-state index contributed by atoms with van der Waals surface area (Å²) in [7, 11) is 0. The molecule has 0 amide bonds. The molecule has 0 unspecified atom stereocenters. The number of rotatable bonds is 2. The van der Waals surface area contributed by atoms with Crippen molar-refractivity contribution in [3.05, 3.63) is 18.2 Å². The Hall–Kier alpha value is -1.03. The van der Waals surface area contributed by atoms with Crippen LogP contribution in [-0.2, 0) is 4.79 Å². The number of nitrogen functional groups attached to an aromatic ring is 1. The second-order valence-corrected chi connectivity index (χ2v) is 4.90. The van der Waals surface area contributed by atoms with E-state index in [1.807, 2.05) is 0 Å². The van der Waals surface area contributed by atoms with Crippen LogP contribution in [0.2, 0.25) is 0 Å². The van der Waals surface area contributed by atoms with Crippen molar-refractivity contribution in [3.63, 3.8) is 0 Å². The zero-order valence-electron chi connectivity index (χ0n) is 7.47. The van der Waals surface area contributed by atoms with Gasteiger partial charge in [0.25, 0.3) is 0 Å². The molecule has 0 saturated heterocycles. The van der Waals surface area contributed by atoms with Crippen LogP contribution in [0.25, 0.3) is 0 Å². The summed E-state index contributed by atoms with van der Waals surface area (Å²) in [5, 5.41) is 0. The van der Waals surface area contributed by atoms with Gasteiger partial charge in [0.15, 0.2) is 0 Å². The monoisotopic (exact) mass is 259 g/mol. The topological polar surface area (TPSA) is 92.8 Å². The molecule has 5 nitrogen and oxygen atoms in total. The zero-order valence-corrected chi connectivity index (χ0v) is 9.34. The quantitative estimate of drug-likeness (QED) is 0.270. The van der Waals surface area contributed by atoms with Gasteiger partial charge in [-0.3, -0.25) is 0 Å². The molecule has 0 aliphatic heterocycles. The average molecular weight is 259 g/mol. The molecule has 6 heteroatoms. The van der Waals surface area contributed by atoms with E-state index in [4.69, 9.17) is 18.7 Å². The number of carbonyl (C=O) groups excluding carboxylic acids is 1. The van der Waals surface area contributed by atoms with Crippen molar-refractivity contribution in [1.82, 2.24) is 0 Å². The Labute approximate surface area is 86.1 Å². The molecular weight excluding hydrogens is 249 g/mol. The number of hydrogen-bond acceptors (Lipinski definition) is 5. The second-order valence-electron chi connectivity index (χ2n) is 2.61. The van der Waals surface area contributed by atoms with Crippen molar-refractivity contribution in [3.8, 4) is 5.75 Å². The Morgan fingerprint density at radius 1 is 1.50 bits per heavy atom. The van der Waals surface area contributed by atoms with Gasteiger partial charge in [0.2, 0.25) is 0 Å². The van der Waals surface area contributed by atoms with Crippen molar-refractivity contribution < 1.29 is 17.7 Å². The standard InChI is InChI=1S/C8H10AsNO4/c1-5(11)14-8-3-2-6(9(12)13)4-7(8)10/h2-4,12-13H,10H2,1H3. The van der Waals surface area contributed by atoms with Gasteiger partial charge in [-0.1, -0.05) is 0 Å². The molecule has 0 aliphatic carbocycles. The fourth-order valence-corrected chi connectivity index (χ4v) is 1.88. The molecule has 1 rings (SSSR count). The van der Waals surface area contributed by atoms with Crippen molar-refractivity contribution in [2.24, 2.45) is 0 Å². The second kappa shape index (κ2) is 4.46. The van der Waals surface area contributed by atoms with Gasteiger partial charge in [-0.25, -0.2) is 0 Å². The molecule has 0 bridgehead atoms. The van der Waals surface area contributed by atoms with Gasteiger partial charge in [0, 0.05) is 0 Å².